The largest absolute Gasteiger partial charge is 0.487 e. The molecule has 2 heteroatoms. The van der Waals surface area contributed by atoms with E-state index in [2.05, 4.69) is 9.73 Å². The summed E-state index contributed by atoms with van der Waals surface area (Å²) in [4.78, 5) is 4.03. The fraction of sp³-hybridized carbons (Fsp3) is 0.833. The first-order chi connectivity index (χ1) is 3.56. The molecule has 0 aromatic rings. The zero-order valence-electron chi connectivity index (χ0n) is 5.93. The van der Waals surface area contributed by atoms with Crippen LogP contribution in [0.15, 0.2) is 4.99 Å². The minimum atomic E-state index is -0.00396. The lowest BCUT2D eigenvalue weighted by Gasteiger charge is -2.09. The van der Waals surface area contributed by atoms with E-state index in [1.807, 2.05) is 20.8 Å². The molecule has 0 rings (SSSR count). The Hall–Kier alpha value is -0.530. The van der Waals surface area contributed by atoms with Gasteiger partial charge >= 0.3 is 0 Å². The first-order valence-corrected chi connectivity index (χ1v) is 2.63. The highest BCUT2D eigenvalue weighted by Gasteiger charge is 2.03. The van der Waals surface area contributed by atoms with Crippen LogP contribution >= 0.6 is 0 Å². The number of methoxy groups -OCH3 is 1. The summed E-state index contributed by atoms with van der Waals surface area (Å²) in [5, 5.41) is 0. The van der Waals surface area contributed by atoms with Gasteiger partial charge in [-0.1, -0.05) is 0 Å². The van der Waals surface area contributed by atoms with Crippen LogP contribution in [0.4, 0.5) is 0 Å². The predicted molar refractivity (Wildman–Crippen MR) is 35.3 cm³/mol. The molecule has 0 saturated carbocycles. The Morgan fingerprint density at radius 1 is 1.38 bits per heavy atom. The van der Waals surface area contributed by atoms with E-state index in [9.17, 15) is 0 Å². The molecule has 0 aliphatic rings. The zero-order chi connectivity index (χ0) is 6.62. The fourth-order valence-corrected chi connectivity index (χ4v) is 0.211. The van der Waals surface area contributed by atoms with E-state index in [0.29, 0.717) is 0 Å². The van der Waals surface area contributed by atoms with Crippen LogP contribution in [0.1, 0.15) is 20.8 Å². The Kier molecular flexibility index (Phi) is 2.52. The van der Waals surface area contributed by atoms with Crippen LogP contribution in [0.2, 0.25) is 0 Å². The SMILES string of the molecule is COC=NC(C)(C)C. The molecule has 0 unspecified atom stereocenters. The van der Waals surface area contributed by atoms with Crippen LogP contribution in [-0.2, 0) is 4.74 Å². The van der Waals surface area contributed by atoms with Crippen molar-refractivity contribution >= 4 is 6.40 Å². The van der Waals surface area contributed by atoms with Crippen LogP contribution in [0.5, 0.6) is 0 Å². The maximum atomic E-state index is 4.63. The summed E-state index contributed by atoms with van der Waals surface area (Å²) >= 11 is 0. The van der Waals surface area contributed by atoms with Gasteiger partial charge in [-0.05, 0) is 20.8 Å². The van der Waals surface area contributed by atoms with Gasteiger partial charge in [-0.15, -0.1) is 0 Å². The molecule has 0 aliphatic heterocycles. The normalized spacial score (nSPS) is 12.5. The molecule has 0 aliphatic carbocycles. The van der Waals surface area contributed by atoms with Gasteiger partial charge < -0.3 is 4.74 Å². The van der Waals surface area contributed by atoms with Crippen LogP contribution < -0.4 is 0 Å². The Labute approximate surface area is 50.6 Å². The van der Waals surface area contributed by atoms with E-state index >= 15 is 0 Å². The highest BCUT2D eigenvalue weighted by atomic mass is 16.5. The van der Waals surface area contributed by atoms with Gasteiger partial charge in [0, 0.05) is 0 Å². The zero-order valence-corrected chi connectivity index (χ0v) is 5.93. The van der Waals surface area contributed by atoms with E-state index in [0.717, 1.165) is 0 Å². The second kappa shape index (κ2) is 2.70. The molecule has 0 atom stereocenters. The Morgan fingerprint density at radius 3 is 2.00 bits per heavy atom. The third-order valence-corrected chi connectivity index (χ3v) is 0.545. The second-order valence-corrected chi connectivity index (χ2v) is 2.64. The summed E-state index contributed by atoms with van der Waals surface area (Å²) in [6.45, 7) is 6.05. The first-order valence-electron chi connectivity index (χ1n) is 2.63. The minimum Gasteiger partial charge on any atom is -0.487 e. The number of rotatable bonds is 1. The standard InChI is InChI=1S/C6H13NO/c1-6(2,3)7-5-8-4/h5H,1-4H3. The summed E-state index contributed by atoms with van der Waals surface area (Å²) in [6.07, 6.45) is 1.46. The van der Waals surface area contributed by atoms with Crippen molar-refractivity contribution < 1.29 is 4.74 Å². The van der Waals surface area contributed by atoms with E-state index in [1.54, 1.807) is 7.11 Å². The molecule has 0 N–H and O–H groups in total. The molecule has 0 bridgehead atoms. The average molecular weight is 115 g/mol. The lowest BCUT2D eigenvalue weighted by molar-refractivity contribution is 0.411. The highest BCUT2D eigenvalue weighted by molar-refractivity contribution is 5.46. The van der Waals surface area contributed by atoms with Crippen LogP contribution in [-0.4, -0.2) is 19.0 Å². The molecule has 0 aromatic heterocycles. The highest BCUT2D eigenvalue weighted by Crippen LogP contribution is 2.03. The first kappa shape index (κ1) is 7.47. The van der Waals surface area contributed by atoms with Crippen molar-refractivity contribution in [3.63, 3.8) is 0 Å². The minimum absolute atomic E-state index is 0.00396. The second-order valence-electron chi connectivity index (χ2n) is 2.64. The van der Waals surface area contributed by atoms with Gasteiger partial charge in [0.05, 0.1) is 12.6 Å². The molecule has 8 heavy (non-hydrogen) atoms. The third kappa shape index (κ3) is 5.47. The van der Waals surface area contributed by atoms with Crippen molar-refractivity contribution in [3.05, 3.63) is 0 Å². The summed E-state index contributed by atoms with van der Waals surface area (Å²) < 4.78 is 4.63. The van der Waals surface area contributed by atoms with Crippen molar-refractivity contribution in [2.75, 3.05) is 7.11 Å². The van der Waals surface area contributed by atoms with Crippen molar-refractivity contribution in [1.29, 1.82) is 0 Å². The van der Waals surface area contributed by atoms with Gasteiger partial charge in [0.1, 0.15) is 0 Å². The van der Waals surface area contributed by atoms with Crippen LogP contribution in [0, 0.1) is 0 Å². The van der Waals surface area contributed by atoms with Gasteiger partial charge in [-0.2, -0.15) is 0 Å². The summed E-state index contributed by atoms with van der Waals surface area (Å²) in [6, 6.07) is 0. The molecule has 0 aromatic carbocycles. The molecule has 2 nitrogen and oxygen atoms in total. The van der Waals surface area contributed by atoms with Crippen molar-refractivity contribution in [2.24, 2.45) is 4.99 Å². The summed E-state index contributed by atoms with van der Waals surface area (Å²) in [5.41, 5.74) is -0.00396. The Morgan fingerprint density at radius 2 is 1.88 bits per heavy atom. The maximum Gasteiger partial charge on any atom is 0.169 e. The maximum absolute atomic E-state index is 4.63. The molecule has 0 saturated heterocycles. The van der Waals surface area contributed by atoms with Gasteiger partial charge in [0.25, 0.3) is 0 Å². The van der Waals surface area contributed by atoms with Crippen LogP contribution in [0.3, 0.4) is 0 Å². The molecule has 0 amide bonds. The quantitative estimate of drug-likeness (QED) is 0.374. The lowest BCUT2D eigenvalue weighted by atomic mass is 10.1. The number of hydrogen-bond donors (Lipinski definition) is 0. The van der Waals surface area contributed by atoms with Crippen LogP contribution in [0.25, 0.3) is 0 Å². The Balaban J connectivity index is 3.52. The Bertz CT molecular complexity index is 81.0. The fourth-order valence-electron chi connectivity index (χ4n) is 0.211. The van der Waals surface area contributed by atoms with Crippen molar-refractivity contribution in [1.82, 2.24) is 0 Å². The molecule has 0 radical (unpaired) electrons. The van der Waals surface area contributed by atoms with Crippen molar-refractivity contribution in [3.8, 4) is 0 Å². The van der Waals surface area contributed by atoms with Gasteiger partial charge in [0.2, 0.25) is 0 Å². The number of hydrogen-bond acceptors (Lipinski definition) is 2. The molecule has 0 fully saturated rings. The molecule has 0 spiro atoms. The lowest BCUT2D eigenvalue weighted by Crippen LogP contribution is -2.09. The smallest absolute Gasteiger partial charge is 0.169 e. The molecule has 0 heterocycles. The topological polar surface area (TPSA) is 21.6 Å². The summed E-state index contributed by atoms with van der Waals surface area (Å²) in [7, 11) is 1.59. The van der Waals surface area contributed by atoms with E-state index < -0.39 is 0 Å². The number of ether oxygens (including phenoxy) is 1. The van der Waals surface area contributed by atoms with Crippen molar-refractivity contribution in [2.45, 2.75) is 26.3 Å². The average Bonchev–Trinajstić information content (AvgIpc) is 1.59. The molecular formula is C6H13NO. The van der Waals surface area contributed by atoms with E-state index in [4.69, 9.17) is 0 Å². The van der Waals surface area contributed by atoms with Gasteiger partial charge in [0.15, 0.2) is 6.40 Å². The third-order valence-electron chi connectivity index (χ3n) is 0.545. The number of aliphatic imine (C=N–C) groups is 1. The monoisotopic (exact) mass is 115 g/mol. The molecule has 48 valence electrons. The van der Waals surface area contributed by atoms with Gasteiger partial charge in [-0.3, -0.25) is 4.99 Å². The van der Waals surface area contributed by atoms with Gasteiger partial charge in [-0.25, -0.2) is 0 Å². The molecular weight excluding hydrogens is 102 g/mol. The summed E-state index contributed by atoms with van der Waals surface area (Å²) in [5.74, 6) is 0. The predicted octanol–water partition coefficient (Wildman–Crippen LogP) is 1.46. The van der Waals surface area contributed by atoms with E-state index in [1.165, 1.54) is 6.40 Å². The number of nitrogens with zero attached hydrogens (tertiary/aromatic N) is 1. The van der Waals surface area contributed by atoms with E-state index in [-0.39, 0.29) is 5.54 Å².